The van der Waals surface area contributed by atoms with Crippen LogP contribution in [0.1, 0.15) is 185 Å². The molecule has 0 amide bonds. The zero-order chi connectivity index (χ0) is 83.4. The predicted octanol–water partition coefficient (Wildman–Crippen LogP) is 21.6. The first kappa shape index (κ1) is 94.0. The summed E-state index contributed by atoms with van der Waals surface area (Å²) in [6, 6.07) is 23.2. The van der Waals surface area contributed by atoms with Gasteiger partial charge in [0.1, 0.15) is 19.5 Å². The topological polar surface area (TPSA) is 267 Å². The van der Waals surface area contributed by atoms with Crippen molar-refractivity contribution in [3.63, 3.8) is 0 Å². The molecular formula is C79H97Cl3N4O16P4S4. The van der Waals surface area contributed by atoms with Crippen LogP contribution in [0.15, 0.2) is 84.9 Å². The number of carboxylic acid groups (broad SMARTS) is 4. The van der Waals surface area contributed by atoms with E-state index >= 15 is 0 Å². The van der Waals surface area contributed by atoms with Gasteiger partial charge in [0, 0.05) is 88.3 Å². The number of thiophene rings is 4. The molecule has 0 bridgehead atoms. The third kappa shape index (κ3) is 24.7. The Morgan fingerprint density at radius 3 is 1.04 bits per heavy atom. The number of halogens is 3. The maximum Gasteiger partial charge on any atom is 0.348 e. The molecule has 0 radical (unpaired) electrons. The summed E-state index contributed by atoms with van der Waals surface area (Å²) in [5, 5.41) is 40.8. The minimum Gasteiger partial charge on any atom is -0.477 e. The fourth-order valence-corrected chi connectivity index (χ4v) is 23.3. The van der Waals surface area contributed by atoms with E-state index in [0.29, 0.717) is 63.1 Å². The van der Waals surface area contributed by atoms with E-state index in [1.165, 1.54) is 61.6 Å². The molecule has 0 aliphatic heterocycles. The van der Waals surface area contributed by atoms with Crippen molar-refractivity contribution in [2.75, 3.05) is 75.3 Å². The van der Waals surface area contributed by atoms with Crippen molar-refractivity contribution in [1.82, 2.24) is 0 Å². The lowest BCUT2D eigenvalue weighted by Crippen LogP contribution is -2.27. The Kier molecular flexibility index (Phi) is 32.9. The van der Waals surface area contributed by atoms with Gasteiger partial charge in [-0.05, 0) is 207 Å². The number of benzene rings is 3. The van der Waals surface area contributed by atoms with Crippen molar-refractivity contribution in [3.05, 3.63) is 150 Å². The maximum atomic E-state index is 13.8. The fourth-order valence-electron chi connectivity index (χ4n) is 10.6. The standard InChI is InChI=1S/C21H26NO4PS.C20H30NO4PS.C19H20Cl2NO4PS.C19H21ClNO4PS/c1-14-8-9-18(15(2)12-14)27(25,26-7)22(6)17-13-16(10-11-21(3,4)5)28-19(17)20(23)24;1-14-7-9-15(10-8-14)26(24,25-6)21(5)17-13-16(11-12-20(2,3)4)27-18(17)19(22)23;1-19(2,3)9-8-13-11-15(17(28-13)18(23)24)22(4)27(25,26-5)16-7-6-12(20)10-14(16)21;1-19(2,3)11-10-15-12-16(17(27-15)18(22)23)21(4)26(24,25-5)14-8-6-13(20)7-9-14/h8-9,12-13H,1-7H3,(H,23,24);13-15H,7-10H2,1-6H3,(H,22,23);6-7,10-11H,1-5H3,(H,23,24);6-9,12H,1-5H3,(H,22,23). The van der Waals surface area contributed by atoms with Gasteiger partial charge in [-0.25, -0.2) is 19.2 Å². The smallest absolute Gasteiger partial charge is 0.348 e. The number of hydrogen-bond donors (Lipinski definition) is 4. The van der Waals surface area contributed by atoms with Crippen LogP contribution in [0.25, 0.3) is 0 Å². The molecule has 7 aromatic rings. The van der Waals surface area contributed by atoms with Crippen LogP contribution in [0, 0.1) is 88.8 Å². The second kappa shape index (κ2) is 38.5. The highest BCUT2D eigenvalue weighted by Crippen LogP contribution is 2.61. The molecule has 31 heteroatoms. The van der Waals surface area contributed by atoms with E-state index in [1.54, 1.807) is 86.5 Å². The Morgan fingerprint density at radius 1 is 0.427 bits per heavy atom. The van der Waals surface area contributed by atoms with Crippen LogP contribution in [-0.4, -0.2) is 107 Å². The predicted molar refractivity (Wildman–Crippen MR) is 457 cm³/mol. The SMILES string of the molecule is COP(=O)(C1CCC(C)CC1)N(C)c1cc(C#CC(C)(C)C)sc1C(=O)O.COP(=O)(c1ccc(C)cc1C)N(C)c1cc(C#CC(C)(C)C)sc1C(=O)O.COP(=O)(c1ccc(Cl)cc1)N(C)c1cc(C#CC(C)(C)C)sc1C(=O)O.COP(=O)(c1ccc(Cl)cc1Cl)N(C)c1cc(C#CC(C)(C)C)sc1C(=O)O. The summed E-state index contributed by atoms with van der Waals surface area (Å²) in [7, 11) is -2.11. The number of anilines is 4. The molecule has 1 fully saturated rings. The Morgan fingerprint density at radius 2 is 0.736 bits per heavy atom. The van der Waals surface area contributed by atoms with Gasteiger partial charge < -0.3 is 43.2 Å². The molecule has 0 spiro atoms. The van der Waals surface area contributed by atoms with Gasteiger partial charge in [0.15, 0.2) is 0 Å². The first-order valence-electron chi connectivity index (χ1n) is 34.2. The molecular weight excluding hydrogens is 1620 g/mol. The molecule has 4 unspecified atom stereocenters. The monoisotopic (exact) mass is 1710 g/mol. The second-order valence-electron chi connectivity index (χ2n) is 29.7. The minimum absolute atomic E-state index is 0.0167. The van der Waals surface area contributed by atoms with E-state index in [4.69, 9.17) is 52.9 Å². The van der Waals surface area contributed by atoms with Crippen molar-refractivity contribution in [2.24, 2.45) is 27.6 Å². The van der Waals surface area contributed by atoms with Gasteiger partial charge in [-0.3, -0.25) is 32.3 Å². The number of aryl methyl sites for hydroxylation is 2. The molecule has 4 aromatic heterocycles. The molecule has 3 aromatic carbocycles. The highest BCUT2D eigenvalue weighted by molar-refractivity contribution is 7.69. The van der Waals surface area contributed by atoms with Crippen molar-refractivity contribution in [2.45, 2.75) is 135 Å². The Balaban J connectivity index is 0.000000263. The largest absolute Gasteiger partial charge is 0.477 e. The Hall–Kier alpha value is -6.59. The number of rotatable bonds is 20. The van der Waals surface area contributed by atoms with Crippen LogP contribution in [-0.2, 0) is 36.4 Å². The Bertz CT molecular complexity index is 4840. The number of nitrogens with zero attached hydrogens (tertiary/aromatic N) is 4. The summed E-state index contributed by atoms with van der Waals surface area (Å²) in [6.07, 6.45) is 3.70. The summed E-state index contributed by atoms with van der Waals surface area (Å²) in [6.45, 7) is 29.8. The van der Waals surface area contributed by atoms with E-state index in [1.807, 2.05) is 109 Å². The molecule has 4 atom stereocenters. The molecule has 4 N–H and O–H groups in total. The summed E-state index contributed by atoms with van der Waals surface area (Å²) in [4.78, 5) is 49.8. The van der Waals surface area contributed by atoms with Gasteiger partial charge >= 0.3 is 46.4 Å². The van der Waals surface area contributed by atoms with Crippen molar-refractivity contribution >= 4 is 173 Å². The summed E-state index contributed by atoms with van der Waals surface area (Å²) in [5.41, 5.74) is 2.26. The van der Waals surface area contributed by atoms with E-state index < -0.39 is 54.0 Å². The first-order valence-corrected chi connectivity index (χ1v) is 45.0. The maximum absolute atomic E-state index is 13.8. The van der Waals surface area contributed by atoms with Gasteiger partial charge in [-0.1, -0.05) is 107 Å². The fraction of sp³-hybridized carbons (Fsp3) is 0.418. The van der Waals surface area contributed by atoms with E-state index in [0.717, 1.165) is 82.2 Å². The highest BCUT2D eigenvalue weighted by Gasteiger charge is 2.43. The average molecular weight is 1720 g/mol. The van der Waals surface area contributed by atoms with Gasteiger partial charge in [-0.2, -0.15) is 0 Å². The van der Waals surface area contributed by atoms with E-state index in [2.05, 4.69) is 54.3 Å². The van der Waals surface area contributed by atoms with Gasteiger partial charge in [0.05, 0.1) is 68.9 Å². The van der Waals surface area contributed by atoms with Gasteiger partial charge in [0.25, 0.3) is 7.52 Å². The zero-order valence-corrected chi connectivity index (χ0v) is 75.2. The highest BCUT2D eigenvalue weighted by atomic mass is 35.5. The molecule has 4 heterocycles. The summed E-state index contributed by atoms with van der Waals surface area (Å²) < 4.78 is 82.1. The number of carboxylic acids is 4. The van der Waals surface area contributed by atoms with E-state index in [9.17, 15) is 57.9 Å². The van der Waals surface area contributed by atoms with Crippen LogP contribution in [0.5, 0.6) is 0 Å². The van der Waals surface area contributed by atoms with Gasteiger partial charge in [-0.15, -0.1) is 45.3 Å². The third-order valence-corrected chi connectivity index (χ3v) is 32.0. The Labute approximate surface area is 679 Å². The number of carbonyl (C=O) groups is 4. The van der Waals surface area contributed by atoms with Crippen molar-refractivity contribution in [3.8, 4) is 47.4 Å². The molecule has 594 valence electrons. The lowest BCUT2D eigenvalue weighted by molar-refractivity contribution is 0.0692. The third-order valence-electron chi connectivity index (χ3n) is 16.3. The molecule has 20 nitrogen and oxygen atoms in total. The van der Waals surface area contributed by atoms with E-state index in [-0.39, 0.29) is 62.8 Å². The molecule has 110 heavy (non-hydrogen) atoms. The molecule has 0 saturated heterocycles. The number of aromatic carboxylic acids is 4. The number of hydrogen-bond acceptors (Lipinski definition) is 16. The molecule has 8 rings (SSSR count). The lowest BCUT2D eigenvalue weighted by atomic mass is 9.91. The minimum atomic E-state index is -3.69. The second-order valence-corrected chi connectivity index (χ2v) is 45.6. The lowest BCUT2D eigenvalue weighted by Gasteiger charge is -2.37. The van der Waals surface area contributed by atoms with Crippen LogP contribution in [0.4, 0.5) is 22.7 Å². The van der Waals surface area contributed by atoms with Crippen LogP contribution in [0.3, 0.4) is 0 Å². The summed E-state index contributed by atoms with van der Waals surface area (Å²) in [5.74, 6) is 20.7. The zero-order valence-electron chi connectivity index (χ0n) is 66.1. The molecule has 1 saturated carbocycles. The average Bonchev–Trinajstić information content (AvgIpc) is 1.52. The van der Waals surface area contributed by atoms with Gasteiger partial charge in [0.2, 0.25) is 0 Å². The van der Waals surface area contributed by atoms with Crippen LogP contribution in [0.2, 0.25) is 15.1 Å². The van der Waals surface area contributed by atoms with Crippen molar-refractivity contribution < 1.29 is 76.0 Å². The summed E-state index contributed by atoms with van der Waals surface area (Å²) >= 11 is 22.3. The van der Waals surface area contributed by atoms with Crippen LogP contribution < -0.4 is 34.6 Å². The van der Waals surface area contributed by atoms with Crippen molar-refractivity contribution in [1.29, 1.82) is 0 Å². The molecule has 1 aliphatic carbocycles. The normalized spacial score (nSPS) is 15.6. The quantitative estimate of drug-likeness (QED) is 0.0408. The molecule has 1 aliphatic rings. The first-order chi connectivity index (χ1) is 50.7. The van der Waals surface area contributed by atoms with Crippen LogP contribution >= 0.6 is 110 Å².